The van der Waals surface area contributed by atoms with Crippen molar-refractivity contribution in [3.63, 3.8) is 0 Å². The maximum absolute atomic E-state index is 13.8. The Kier molecular flexibility index (Phi) is 4.85. The van der Waals surface area contributed by atoms with E-state index in [0.29, 0.717) is 16.7 Å². The molecule has 0 aliphatic rings. The number of carbonyl (C=O) groups excluding carboxylic acids is 1. The van der Waals surface area contributed by atoms with Crippen molar-refractivity contribution in [2.45, 2.75) is 6.54 Å². The predicted molar refractivity (Wildman–Crippen MR) is 85.5 cm³/mol. The summed E-state index contributed by atoms with van der Waals surface area (Å²) in [5.74, 6) is -0.688. The third kappa shape index (κ3) is 3.62. The second-order valence-corrected chi connectivity index (χ2v) is 6.72. The van der Waals surface area contributed by atoms with Crippen LogP contribution in [0.4, 0.5) is 4.39 Å². The lowest BCUT2D eigenvalue weighted by Crippen LogP contribution is -2.23. The minimum atomic E-state index is -0.443. The molecular formula is C13H10BrFN2OS2. The fourth-order valence-corrected chi connectivity index (χ4v) is 2.81. The first-order valence-corrected chi connectivity index (χ1v) is 7.66. The van der Waals surface area contributed by atoms with Crippen LogP contribution in [0.5, 0.6) is 0 Å². The monoisotopic (exact) mass is 372 g/mol. The smallest absolute Gasteiger partial charge is 0.252 e. The summed E-state index contributed by atoms with van der Waals surface area (Å²) in [7, 11) is 0. The maximum atomic E-state index is 13.8. The lowest BCUT2D eigenvalue weighted by molar-refractivity contribution is 0.0951. The van der Waals surface area contributed by atoms with Gasteiger partial charge >= 0.3 is 0 Å². The molecule has 2 rings (SSSR count). The van der Waals surface area contributed by atoms with Gasteiger partial charge in [-0.15, -0.1) is 11.3 Å². The second kappa shape index (κ2) is 6.43. The van der Waals surface area contributed by atoms with E-state index in [0.717, 1.165) is 3.79 Å². The number of thiophene rings is 1. The van der Waals surface area contributed by atoms with Gasteiger partial charge in [0.15, 0.2) is 0 Å². The van der Waals surface area contributed by atoms with Crippen LogP contribution < -0.4 is 11.1 Å². The molecule has 1 amide bonds. The standard InChI is InChI=1S/C13H10BrFN2OS2/c14-11-4-9(6-20-11)13(18)17-5-8-2-1-7(12(16)19)3-10(8)15/h1-4,6H,5H2,(H2,16,19)(H,17,18). The molecule has 0 bridgehead atoms. The molecule has 20 heavy (non-hydrogen) atoms. The summed E-state index contributed by atoms with van der Waals surface area (Å²) in [6.45, 7) is 0.107. The average Bonchev–Trinajstić information content (AvgIpc) is 2.83. The highest BCUT2D eigenvalue weighted by molar-refractivity contribution is 9.11. The number of nitrogens with one attached hydrogen (secondary N) is 1. The first-order valence-electron chi connectivity index (χ1n) is 5.58. The highest BCUT2D eigenvalue weighted by atomic mass is 79.9. The van der Waals surface area contributed by atoms with Crippen molar-refractivity contribution in [3.05, 3.63) is 55.9 Å². The molecule has 0 spiro atoms. The van der Waals surface area contributed by atoms with Gasteiger partial charge in [0.05, 0.1) is 9.35 Å². The van der Waals surface area contributed by atoms with Crippen LogP contribution in [0.2, 0.25) is 0 Å². The molecule has 0 atom stereocenters. The summed E-state index contributed by atoms with van der Waals surface area (Å²) >= 11 is 9.48. The molecule has 1 aromatic heterocycles. The van der Waals surface area contributed by atoms with Gasteiger partial charge in [0.25, 0.3) is 5.91 Å². The van der Waals surface area contributed by atoms with Gasteiger partial charge in [-0.3, -0.25) is 4.79 Å². The summed E-state index contributed by atoms with van der Waals surface area (Å²) in [6, 6.07) is 6.18. The molecule has 1 aromatic carbocycles. The fraction of sp³-hybridized carbons (Fsp3) is 0.0769. The van der Waals surface area contributed by atoms with E-state index >= 15 is 0 Å². The van der Waals surface area contributed by atoms with Gasteiger partial charge in [-0.1, -0.05) is 24.4 Å². The zero-order chi connectivity index (χ0) is 14.7. The SMILES string of the molecule is NC(=S)c1ccc(CNC(=O)c2csc(Br)c2)c(F)c1. The van der Waals surface area contributed by atoms with Crippen LogP contribution in [0.3, 0.4) is 0 Å². The number of halogens is 2. The molecule has 3 N–H and O–H groups in total. The van der Waals surface area contributed by atoms with Crippen LogP contribution in [-0.4, -0.2) is 10.9 Å². The zero-order valence-electron chi connectivity index (χ0n) is 10.2. The number of nitrogens with two attached hydrogens (primary N) is 1. The normalized spacial score (nSPS) is 10.3. The van der Waals surface area contributed by atoms with Crippen LogP contribution >= 0.6 is 39.5 Å². The molecule has 0 radical (unpaired) electrons. The number of rotatable bonds is 4. The van der Waals surface area contributed by atoms with Crippen molar-refractivity contribution in [1.29, 1.82) is 0 Å². The molecule has 0 saturated heterocycles. The van der Waals surface area contributed by atoms with E-state index < -0.39 is 5.82 Å². The summed E-state index contributed by atoms with van der Waals surface area (Å²) in [6.07, 6.45) is 0. The third-order valence-electron chi connectivity index (χ3n) is 2.61. The Morgan fingerprint density at radius 3 is 2.70 bits per heavy atom. The molecule has 0 unspecified atom stereocenters. The Labute approximate surface area is 133 Å². The largest absolute Gasteiger partial charge is 0.389 e. The number of hydrogen-bond acceptors (Lipinski definition) is 3. The minimum absolute atomic E-state index is 0.107. The number of amides is 1. The van der Waals surface area contributed by atoms with Crippen LogP contribution in [0.1, 0.15) is 21.5 Å². The Hall–Kier alpha value is -1.31. The predicted octanol–water partition coefficient (Wildman–Crippen LogP) is 3.21. The van der Waals surface area contributed by atoms with E-state index in [-0.39, 0.29) is 17.4 Å². The Morgan fingerprint density at radius 1 is 1.40 bits per heavy atom. The van der Waals surface area contributed by atoms with Crippen molar-refractivity contribution >= 4 is 50.4 Å². The topological polar surface area (TPSA) is 55.1 Å². The van der Waals surface area contributed by atoms with E-state index in [1.807, 2.05) is 0 Å². The minimum Gasteiger partial charge on any atom is -0.389 e. The fourth-order valence-electron chi connectivity index (χ4n) is 1.55. The van der Waals surface area contributed by atoms with Crippen LogP contribution in [-0.2, 0) is 6.54 Å². The lowest BCUT2D eigenvalue weighted by Gasteiger charge is -2.07. The Bertz CT molecular complexity index is 672. The van der Waals surface area contributed by atoms with Gasteiger partial charge in [0.1, 0.15) is 10.8 Å². The number of carbonyl (C=O) groups is 1. The van der Waals surface area contributed by atoms with E-state index in [4.69, 9.17) is 18.0 Å². The van der Waals surface area contributed by atoms with E-state index in [2.05, 4.69) is 21.2 Å². The molecule has 3 nitrogen and oxygen atoms in total. The summed E-state index contributed by atoms with van der Waals surface area (Å²) in [4.78, 5) is 12.0. The quantitative estimate of drug-likeness (QED) is 0.810. The molecule has 104 valence electrons. The van der Waals surface area contributed by atoms with E-state index in [1.54, 1.807) is 23.6 Å². The molecule has 7 heteroatoms. The summed E-state index contributed by atoms with van der Waals surface area (Å²) < 4.78 is 14.7. The van der Waals surface area contributed by atoms with Gasteiger partial charge < -0.3 is 11.1 Å². The molecule has 0 fully saturated rings. The molecule has 0 saturated carbocycles. The Morgan fingerprint density at radius 2 is 2.15 bits per heavy atom. The second-order valence-electron chi connectivity index (χ2n) is 3.99. The highest BCUT2D eigenvalue weighted by Crippen LogP contribution is 2.20. The molecular weight excluding hydrogens is 363 g/mol. The van der Waals surface area contributed by atoms with E-state index in [1.165, 1.54) is 17.4 Å². The van der Waals surface area contributed by atoms with Crippen molar-refractivity contribution in [2.24, 2.45) is 5.73 Å². The van der Waals surface area contributed by atoms with Crippen LogP contribution in [0.25, 0.3) is 0 Å². The van der Waals surface area contributed by atoms with Crippen molar-refractivity contribution in [3.8, 4) is 0 Å². The van der Waals surface area contributed by atoms with Crippen molar-refractivity contribution in [2.75, 3.05) is 0 Å². The molecule has 0 aliphatic carbocycles. The summed E-state index contributed by atoms with van der Waals surface area (Å²) in [5, 5.41) is 4.39. The molecule has 2 aromatic rings. The molecule has 1 heterocycles. The van der Waals surface area contributed by atoms with Gasteiger partial charge in [-0.25, -0.2) is 4.39 Å². The van der Waals surface area contributed by atoms with Gasteiger partial charge in [0, 0.05) is 23.1 Å². The Balaban J connectivity index is 2.04. The summed E-state index contributed by atoms with van der Waals surface area (Å²) in [5.41, 5.74) is 6.82. The van der Waals surface area contributed by atoms with Crippen molar-refractivity contribution in [1.82, 2.24) is 5.32 Å². The first-order chi connectivity index (χ1) is 9.47. The lowest BCUT2D eigenvalue weighted by atomic mass is 10.1. The van der Waals surface area contributed by atoms with Crippen LogP contribution in [0, 0.1) is 5.82 Å². The van der Waals surface area contributed by atoms with Gasteiger partial charge in [-0.2, -0.15) is 0 Å². The third-order valence-corrected chi connectivity index (χ3v) is 4.35. The average molecular weight is 373 g/mol. The van der Waals surface area contributed by atoms with Crippen LogP contribution in [0.15, 0.2) is 33.4 Å². The number of benzene rings is 1. The van der Waals surface area contributed by atoms with Gasteiger partial charge in [-0.05, 0) is 28.1 Å². The first kappa shape index (κ1) is 15.1. The van der Waals surface area contributed by atoms with Crippen molar-refractivity contribution < 1.29 is 9.18 Å². The van der Waals surface area contributed by atoms with Gasteiger partial charge in [0.2, 0.25) is 0 Å². The maximum Gasteiger partial charge on any atom is 0.252 e. The molecule has 0 aliphatic heterocycles. The van der Waals surface area contributed by atoms with E-state index in [9.17, 15) is 9.18 Å². The number of hydrogen-bond donors (Lipinski definition) is 2. The number of thiocarbonyl (C=S) groups is 1. The highest BCUT2D eigenvalue weighted by Gasteiger charge is 2.10. The zero-order valence-corrected chi connectivity index (χ0v) is 13.4.